The molecule has 2 heterocycles. The van der Waals surface area contributed by atoms with E-state index in [1.54, 1.807) is 18.3 Å². The van der Waals surface area contributed by atoms with Crippen LogP contribution in [0.15, 0.2) is 53.7 Å². The number of pyridine rings is 1. The smallest absolute Gasteiger partial charge is 0.326 e. The molecule has 5 N–H and O–H groups in total. The lowest BCUT2D eigenvalue weighted by Crippen LogP contribution is -2.43. The molecule has 0 spiro atoms. The van der Waals surface area contributed by atoms with Gasteiger partial charge in [0.1, 0.15) is 6.04 Å². The van der Waals surface area contributed by atoms with E-state index in [-0.39, 0.29) is 0 Å². The van der Waals surface area contributed by atoms with Crippen molar-refractivity contribution < 1.29 is 14.7 Å². The molecule has 9 heteroatoms. The zero-order valence-electron chi connectivity index (χ0n) is 18.0. The van der Waals surface area contributed by atoms with E-state index in [4.69, 9.17) is 0 Å². The van der Waals surface area contributed by atoms with E-state index < -0.39 is 17.9 Å². The second-order valence-electron chi connectivity index (χ2n) is 7.57. The lowest BCUT2D eigenvalue weighted by molar-refractivity contribution is -0.139. The minimum Gasteiger partial charge on any atom is -0.480 e. The molecule has 0 saturated heterocycles. The number of aliphatic carboxylic acids is 1. The summed E-state index contributed by atoms with van der Waals surface area (Å²) in [5, 5.41) is 21.7. The number of rotatable bonds is 11. The average Bonchev–Trinajstić information content (AvgIpc) is 2.82. The van der Waals surface area contributed by atoms with Crippen LogP contribution >= 0.6 is 0 Å². The molecule has 0 fully saturated rings. The minimum atomic E-state index is -1.04. The van der Waals surface area contributed by atoms with Gasteiger partial charge in [0, 0.05) is 44.5 Å². The third-order valence-corrected chi connectivity index (χ3v) is 5.04. The second-order valence-corrected chi connectivity index (χ2v) is 7.57. The number of benzene rings is 1. The zero-order valence-corrected chi connectivity index (χ0v) is 18.0. The standard InChI is InChI=1S/C23H30N6O3/c30-21(29-20(22(31)32)6-3-12-26-23-27-13-4-14-28-23)18-9-7-17(8-10-18)15-24-16-19-5-1-2-11-25-19/h1-2,5,7-11,20,24H,3-4,6,12-16H2,(H,29,30)(H,31,32)(H2,26,27,28)/t20-/m0/s1. The Bertz CT molecular complexity index is 902. The van der Waals surface area contributed by atoms with Crippen LogP contribution in [0.25, 0.3) is 0 Å². The number of carboxylic acids is 1. The van der Waals surface area contributed by atoms with Gasteiger partial charge in [-0.3, -0.25) is 14.8 Å². The van der Waals surface area contributed by atoms with Gasteiger partial charge < -0.3 is 26.4 Å². The van der Waals surface area contributed by atoms with Gasteiger partial charge in [-0.25, -0.2) is 4.79 Å². The highest BCUT2D eigenvalue weighted by atomic mass is 16.4. The SMILES string of the molecule is O=C(N[C@@H](CCCNC1=NCCCN1)C(=O)O)c1ccc(CNCc2ccccn2)cc1. The molecule has 1 aromatic carbocycles. The fourth-order valence-corrected chi connectivity index (χ4v) is 3.27. The van der Waals surface area contributed by atoms with Gasteiger partial charge >= 0.3 is 5.97 Å². The Kier molecular flexibility index (Phi) is 9.00. The summed E-state index contributed by atoms with van der Waals surface area (Å²) in [7, 11) is 0. The van der Waals surface area contributed by atoms with Crippen LogP contribution in [0.1, 0.15) is 40.9 Å². The van der Waals surface area contributed by atoms with Crippen molar-refractivity contribution in [1.29, 1.82) is 0 Å². The molecule has 170 valence electrons. The fourth-order valence-electron chi connectivity index (χ4n) is 3.27. The molecule has 0 bridgehead atoms. The Hall–Kier alpha value is -3.46. The van der Waals surface area contributed by atoms with Crippen LogP contribution in [0.5, 0.6) is 0 Å². The van der Waals surface area contributed by atoms with E-state index in [1.807, 2.05) is 30.3 Å². The predicted molar refractivity (Wildman–Crippen MR) is 122 cm³/mol. The normalized spacial score (nSPS) is 14.1. The summed E-state index contributed by atoms with van der Waals surface area (Å²) in [6.07, 6.45) is 3.70. The third kappa shape index (κ3) is 7.66. The maximum Gasteiger partial charge on any atom is 0.326 e. The van der Waals surface area contributed by atoms with Crippen molar-refractivity contribution in [1.82, 2.24) is 26.3 Å². The average molecular weight is 439 g/mol. The zero-order chi connectivity index (χ0) is 22.6. The topological polar surface area (TPSA) is 128 Å². The van der Waals surface area contributed by atoms with Crippen molar-refractivity contribution in [2.45, 2.75) is 38.4 Å². The first kappa shape index (κ1) is 23.2. The van der Waals surface area contributed by atoms with E-state index in [0.29, 0.717) is 38.0 Å². The number of carbonyl (C=O) groups excluding carboxylic acids is 1. The summed E-state index contributed by atoms with van der Waals surface area (Å²) in [6.45, 7) is 3.57. The summed E-state index contributed by atoms with van der Waals surface area (Å²) < 4.78 is 0. The second kappa shape index (κ2) is 12.4. The molecular weight excluding hydrogens is 408 g/mol. The first-order valence-corrected chi connectivity index (χ1v) is 10.9. The molecule has 2 aromatic rings. The molecule has 0 aliphatic carbocycles. The van der Waals surface area contributed by atoms with Crippen molar-refractivity contribution >= 4 is 17.8 Å². The number of hydrogen-bond donors (Lipinski definition) is 5. The Morgan fingerprint density at radius 2 is 1.97 bits per heavy atom. The Morgan fingerprint density at radius 1 is 1.12 bits per heavy atom. The van der Waals surface area contributed by atoms with Gasteiger partial charge in [0.2, 0.25) is 0 Å². The summed E-state index contributed by atoms with van der Waals surface area (Å²) in [5.41, 5.74) is 2.42. The fraction of sp³-hybridized carbons (Fsp3) is 0.391. The highest BCUT2D eigenvalue weighted by molar-refractivity contribution is 5.96. The quantitative estimate of drug-likeness (QED) is 0.334. The van der Waals surface area contributed by atoms with Crippen LogP contribution in [-0.2, 0) is 17.9 Å². The van der Waals surface area contributed by atoms with Crippen LogP contribution in [0.2, 0.25) is 0 Å². The minimum absolute atomic E-state index is 0.330. The highest BCUT2D eigenvalue weighted by Crippen LogP contribution is 2.07. The van der Waals surface area contributed by atoms with Gasteiger partial charge in [0.05, 0.1) is 5.69 Å². The molecular formula is C23H30N6O3. The van der Waals surface area contributed by atoms with Gasteiger partial charge in [-0.2, -0.15) is 0 Å². The molecule has 1 amide bonds. The molecule has 1 aromatic heterocycles. The van der Waals surface area contributed by atoms with Gasteiger partial charge in [-0.1, -0.05) is 18.2 Å². The van der Waals surface area contributed by atoms with E-state index in [0.717, 1.165) is 36.7 Å². The summed E-state index contributed by atoms with van der Waals surface area (Å²) >= 11 is 0. The number of guanidine groups is 1. The van der Waals surface area contributed by atoms with Crippen LogP contribution in [-0.4, -0.2) is 53.6 Å². The van der Waals surface area contributed by atoms with Crippen molar-refractivity contribution in [2.75, 3.05) is 19.6 Å². The molecule has 3 rings (SSSR count). The molecule has 1 aliphatic heterocycles. The van der Waals surface area contributed by atoms with Gasteiger partial charge in [0.25, 0.3) is 5.91 Å². The largest absolute Gasteiger partial charge is 0.480 e. The van der Waals surface area contributed by atoms with Crippen molar-refractivity contribution in [3.05, 3.63) is 65.5 Å². The summed E-state index contributed by atoms with van der Waals surface area (Å²) in [4.78, 5) is 32.6. The number of amides is 1. The number of hydrogen-bond acceptors (Lipinski definition) is 7. The maximum atomic E-state index is 12.5. The van der Waals surface area contributed by atoms with Crippen LogP contribution in [0.3, 0.4) is 0 Å². The molecule has 1 aliphatic rings. The summed E-state index contributed by atoms with van der Waals surface area (Å²) in [6, 6.07) is 12.0. The third-order valence-electron chi connectivity index (χ3n) is 5.04. The lowest BCUT2D eigenvalue weighted by Gasteiger charge is -2.17. The number of aromatic nitrogens is 1. The van der Waals surface area contributed by atoms with Crippen LogP contribution in [0, 0.1) is 0 Å². The Labute approximate surface area is 187 Å². The number of carboxylic acid groups (broad SMARTS) is 1. The van der Waals surface area contributed by atoms with Crippen molar-refractivity contribution in [3.63, 3.8) is 0 Å². The predicted octanol–water partition coefficient (Wildman–Crippen LogP) is 1.27. The first-order chi connectivity index (χ1) is 15.6. The molecule has 0 saturated carbocycles. The monoisotopic (exact) mass is 438 g/mol. The molecule has 9 nitrogen and oxygen atoms in total. The summed E-state index contributed by atoms with van der Waals surface area (Å²) in [5.74, 6) is -0.680. The van der Waals surface area contributed by atoms with Crippen LogP contribution < -0.4 is 21.3 Å². The van der Waals surface area contributed by atoms with Gasteiger partial charge in [-0.15, -0.1) is 0 Å². The number of carbonyl (C=O) groups is 2. The molecule has 0 unspecified atom stereocenters. The first-order valence-electron chi connectivity index (χ1n) is 10.9. The van der Waals surface area contributed by atoms with E-state index in [9.17, 15) is 14.7 Å². The van der Waals surface area contributed by atoms with Gasteiger partial charge in [0.15, 0.2) is 5.96 Å². The maximum absolute atomic E-state index is 12.5. The van der Waals surface area contributed by atoms with Gasteiger partial charge in [-0.05, 0) is 49.1 Å². The number of aliphatic imine (C=N–C) groups is 1. The Balaban J connectivity index is 1.41. The van der Waals surface area contributed by atoms with E-state index in [1.165, 1.54) is 0 Å². The highest BCUT2D eigenvalue weighted by Gasteiger charge is 2.20. The Morgan fingerprint density at radius 3 is 2.66 bits per heavy atom. The van der Waals surface area contributed by atoms with E-state index >= 15 is 0 Å². The molecule has 0 radical (unpaired) electrons. The van der Waals surface area contributed by atoms with Crippen molar-refractivity contribution in [3.8, 4) is 0 Å². The number of nitrogens with zero attached hydrogens (tertiary/aromatic N) is 2. The van der Waals surface area contributed by atoms with E-state index in [2.05, 4.69) is 31.2 Å². The van der Waals surface area contributed by atoms with Crippen LogP contribution in [0.4, 0.5) is 0 Å². The number of nitrogens with one attached hydrogen (secondary N) is 4. The molecule has 1 atom stereocenters. The lowest BCUT2D eigenvalue weighted by atomic mass is 10.1. The molecule has 32 heavy (non-hydrogen) atoms. The van der Waals surface area contributed by atoms with Crippen molar-refractivity contribution in [2.24, 2.45) is 4.99 Å².